The molecule has 0 saturated heterocycles. The van der Waals surface area contributed by atoms with Crippen LogP contribution in [0, 0.1) is 5.21 Å². The summed E-state index contributed by atoms with van der Waals surface area (Å²) in [6.45, 7) is 0. The van der Waals surface area contributed by atoms with Gasteiger partial charge in [-0.1, -0.05) is 30.3 Å². The van der Waals surface area contributed by atoms with Crippen molar-refractivity contribution >= 4 is 17.6 Å². The normalized spacial score (nSPS) is 11.2. The van der Waals surface area contributed by atoms with Gasteiger partial charge >= 0.3 is 5.97 Å². The molecule has 0 spiro atoms. The monoisotopic (exact) mass is 241 g/mol. The molecule has 0 radical (unpaired) electrons. The van der Waals surface area contributed by atoms with E-state index in [1.54, 1.807) is 18.2 Å². The van der Waals surface area contributed by atoms with E-state index in [1.807, 2.05) is 18.2 Å². The number of carbonyl (C=O) groups is 1. The summed E-state index contributed by atoms with van der Waals surface area (Å²) in [7, 11) is 0. The van der Waals surface area contributed by atoms with Crippen LogP contribution >= 0.6 is 0 Å². The number of aromatic nitrogens is 1. The molecule has 18 heavy (non-hydrogen) atoms. The van der Waals surface area contributed by atoms with Gasteiger partial charge in [-0.25, -0.2) is 4.79 Å². The van der Waals surface area contributed by atoms with Gasteiger partial charge in [0, 0.05) is 6.07 Å². The summed E-state index contributed by atoms with van der Waals surface area (Å²) in [4.78, 5) is 11.2. The molecule has 2 aromatic rings. The fourth-order valence-electron chi connectivity index (χ4n) is 1.60. The number of benzene rings is 1. The van der Waals surface area contributed by atoms with E-state index in [0.717, 1.165) is 5.56 Å². The molecule has 2 rings (SSSR count). The SMILES string of the molecule is O=C(O)/C(=C\c1ccccc1)c1ccc[n+]([O-])c1. The highest BCUT2D eigenvalue weighted by Gasteiger charge is 2.12. The van der Waals surface area contributed by atoms with Crippen LogP contribution in [0.4, 0.5) is 0 Å². The van der Waals surface area contributed by atoms with Crippen LogP contribution in [-0.4, -0.2) is 11.1 Å². The van der Waals surface area contributed by atoms with Crippen LogP contribution in [0.1, 0.15) is 11.1 Å². The van der Waals surface area contributed by atoms with Gasteiger partial charge in [-0.05, 0) is 17.7 Å². The quantitative estimate of drug-likeness (QED) is 0.507. The number of carboxylic acids is 1. The molecule has 4 nitrogen and oxygen atoms in total. The molecule has 0 saturated carbocycles. The van der Waals surface area contributed by atoms with Crippen LogP contribution in [0.2, 0.25) is 0 Å². The van der Waals surface area contributed by atoms with Gasteiger partial charge in [0.2, 0.25) is 0 Å². The van der Waals surface area contributed by atoms with E-state index in [9.17, 15) is 15.1 Å². The van der Waals surface area contributed by atoms with Gasteiger partial charge in [0.25, 0.3) is 0 Å². The minimum absolute atomic E-state index is 0.0893. The zero-order valence-electron chi connectivity index (χ0n) is 9.48. The zero-order valence-corrected chi connectivity index (χ0v) is 9.48. The predicted molar refractivity (Wildman–Crippen MR) is 67.4 cm³/mol. The second-order valence-electron chi connectivity index (χ2n) is 3.73. The van der Waals surface area contributed by atoms with Gasteiger partial charge in [-0.15, -0.1) is 0 Å². The third-order valence-corrected chi connectivity index (χ3v) is 2.43. The van der Waals surface area contributed by atoms with Crippen molar-refractivity contribution in [3.05, 3.63) is 71.2 Å². The molecule has 4 heteroatoms. The Morgan fingerprint density at radius 2 is 1.89 bits per heavy atom. The molecule has 0 amide bonds. The summed E-state index contributed by atoms with van der Waals surface area (Å²) in [6, 6.07) is 12.2. The van der Waals surface area contributed by atoms with Crippen LogP contribution in [-0.2, 0) is 4.79 Å². The van der Waals surface area contributed by atoms with E-state index < -0.39 is 5.97 Å². The van der Waals surface area contributed by atoms with Crippen LogP contribution in [0.5, 0.6) is 0 Å². The van der Waals surface area contributed by atoms with Gasteiger partial charge in [0.1, 0.15) is 0 Å². The molecule has 0 aliphatic carbocycles. The maximum atomic E-state index is 11.2. The third kappa shape index (κ3) is 2.74. The van der Waals surface area contributed by atoms with Gasteiger partial charge in [0.15, 0.2) is 12.4 Å². The van der Waals surface area contributed by atoms with Crippen LogP contribution in [0.3, 0.4) is 0 Å². The number of pyridine rings is 1. The Balaban J connectivity index is 2.47. The summed E-state index contributed by atoms with van der Waals surface area (Å²) >= 11 is 0. The Kier molecular flexibility index (Phi) is 3.38. The van der Waals surface area contributed by atoms with E-state index in [4.69, 9.17) is 0 Å². The molecule has 0 unspecified atom stereocenters. The number of nitrogens with zero attached hydrogens (tertiary/aromatic N) is 1. The highest BCUT2D eigenvalue weighted by molar-refractivity contribution is 6.20. The largest absolute Gasteiger partial charge is 0.619 e. The van der Waals surface area contributed by atoms with E-state index >= 15 is 0 Å². The van der Waals surface area contributed by atoms with Crippen molar-refractivity contribution in [1.29, 1.82) is 0 Å². The lowest BCUT2D eigenvalue weighted by atomic mass is 10.0. The van der Waals surface area contributed by atoms with Crippen LogP contribution in [0.25, 0.3) is 11.6 Å². The first-order valence-electron chi connectivity index (χ1n) is 5.36. The van der Waals surface area contributed by atoms with Crippen molar-refractivity contribution < 1.29 is 14.6 Å². The first kappa shape index (κ1) is 11.9. The Labute approximate surface area is 104 Å². The van der Waals surface area contributed by atoms with Crippen molar-refractivity contribution in [3.63, 3.8) is 0 Å². The second kappa shape index (κ2) is 5.14. The molecule has 1 N–H and O–H groups in total. The lowest BCUT2D eigenvalue weighted by molar-refractivity contribution is -0.605. The van der Waals surface area contributed by atoms with Gasteiger partial charge in [0.05, 0.1) is 11.1 Å². The molecule has 1 aromatic carbocycles. The average Bonchev–Trinajstić information content (AvgIpc) is 2.37. The van der Waals surface area contributed by atoms with Crippen molar-refractivity contribution in [2.24, 2.45) is 0 Å². The third-order valence-electron chi connectivity index (χ3n) is 2.43. The summed E-state index contributed by atoms with van der Waals surface area (Å²) in [5.41, 5.74) is 1.24. The van der Waals surface area contributed by atoms with Gasteiger partial charge < -0.3 is 10.3 Å². The topological polar surface area (TPSA) is 64.2 Å². The van der Waals surface area contributed by atoms with E-state index in [1.165, 1.54) is 24.5 Å². The average molecular weight is 241 g/mol. The summed E-state index contributed by atoms with van der Waals surface area (Å²) in [6.07, 6.45) is 4.09. The van der Waals surface area contributed by atoms with Crippen molar-refractivity contribution in [1.82, 2.24) is 0 Å². The Bertz CT molecular complexity index is 591. The number of hydrogen-bond acceptors (Lipinski definition) is 2. The van der Waals surface area contributed by atoms with E-state index in [0.29, 0.717) is 10.3 Å². The maximum absolute atomic E-state index is 11.2. The minimum Gasteiger partial charge on any atom is -0.619 e. The van der Waals surface area contributed by atoms with Gasteiger partial charge in [-0.2, -0.15) is 4.73 Å². The van der Waals surface area contributed by atoms with Crippen LogP contribution in [0.15, 0.2) is 54.9 Å². The molecule has 0 aliphatic rings. The second-order valence-corrected chi connectivity index (χ2v) is 3.73. The van der Waals surface area contributed by atoms with E-state index in [2.05, 4.69) is 0 Å². The van der Waals surface area contributed by atoms with Crippen molar-refractivity contribution in [2.75, 3.05) is 0 Å². The molecule has 0 atom stereocenters. The fourth-order valence-corrected chi connectivity index (χ4v) is 1.60. The summed E-state index contributed by atoms with van der Waals surface area (Å²) < 4.78 is 0.580. The number of aliphatic carboxylic acids is 1. The molecule has 0 aliphatic heterocycles. The first-order valence-corrected chi connectivity index (χ1v) is 5.36. The minimum atomic E-state index is -1.06. The zero-order chi connectivity index (χ0) is 13.0. The Morgan fingerprint density at radius 1 is 1.17 bits per heavy atom. The van der Waals surface area contributed by atoms with Crippen molar-refractivity contribution in [2.45, 2.75) is 0 Å². The Hall–Kier alpha value is -2.62. The number of hydrogen-bond donors (Lipinski definition) is 1. The highest BCUT2D eigenvalue weighted by atomic mass is 16.5. The molecular weight excluding hydrogens is 230 g/mol. The lowest BCUT2D eigenvalue weighted by Gasteiger charge is -2.03. The molecule has 1 aromatic heterocycles. The standard InChI is InChI=1S/C14H11NO3/c16-14(17)13(9-11-5-2-1-3-6-11)12-7-4-8-15(18)10-12/h1-10H,(H,16,17)/b13-9-. The number of rotatable bonds is 3. The number of carboxylic acid groups (broad SMARTS) is 1. The summed E-state index contributed by atoms with van der Waals surface area (Å²) in [5.74, 6) is -1.06. The molecule has 90 valence electrons. The summed E-state index contributed by atoms with van der Waals surface area (Å²) in [5, 5.41) is 20.4. The molecule has 1 heterocycles. The highest BCUT2D eigenvalue weighted by Crippen LogP contribution is 2.17. The van der Waals surface area contributed by atoms with Crippen molar-refractivity contribution in [3.8, 4) is 0 Å². The lowest BCUT2D eigenvalue weighted by Crippen LogP contribution is -2.25. The smallest absolute Gasteiger partial charge is 0.336 e. The maximum Gasteiger partial charge on any atom is 0.336 e. The van der Waals surface area contributed by atoms with Gasteiger partial charge in [-0.3, -0.25) is 0 Å². The predicted octanol–water partition coefficient (Wildman–Crippen LogP) is 1.95. The molecule has 0 bridgehead atoms. The molecular formula is C14H11NO3. The fraction of sp³-hybridized carbons (Fsp3) is 0. The van der Waals surface area contributed by atoms with E-state index in [-0.39, 0.29) is 5.57 Å². The molecule has 0 fully saturated rings. The van der Waals surface area contributed by atoms with Crippen LogP contribution < -0.4 is 4.73 Å². The first-order chi connectivity index (χ1) is 8.66. The Morgan fingerprint density at radius 3 is 2.50 bits per heavy atom.